The summed E-state index contributed by atoms with van der Waals surface area (Å²) in [5.41, 5.74) is 3.93. The maximum atomic E-state index is 13.1. The second kappa shape index (κ2) is 11.6. The Morgan fingerprint density at radius 1 is 1.06 bits per heavy atom. The van der Waals surface area contributed by atoms with Crippen LogP contribution in [0.15, 0.2) is 60.2 Å². The van der Waals surface area contributed by atoms with E-state index in [1.165, 1.54) is 30.4 Å². The molecule has 1 aliphatic carbocycles. The number of rotatable bonds is 7. The van der Waals surface area contributed by atoms with Crippen LogP contribution in [0.4, 0.5) is 4.79 Å². The third-order valence-corrected chi connectivity index (χ3v) is 6.74. The molecule has 2 aromatic rings. The summed E-state index contributed by atoms with van der Waals surface area (Å²) in [4.78, 5) is 27.1. The average molecular weight is 491 g/mol. The van der Waals surface area contributed by atoms with Gasteiger partial charge >= 0.3 is 6.09 Å². The van der Waals surface area contributed by atoms with E-state index >= 15 is 0 Å². The van der Waals surface area contributed by atoms with Crippen LogP contribution >= 0.6 is 0 Å². The van der Waals surface area contributed by atoms with Gasteiger partial charge in [-0.15, -0.1) is 0 Å². The summed E-state index contributed by atoms with van der Waals surface area (Å²) in [7, 11) is 0. The Labute approximate surface area is 214 Å². The Hall–Kier alpha value is -3.28. The molecule has 6 nitrogen and oxygen atoms in total. The minimum absolute atomic E-state index is 0.0616. The van der Waals surface area contributed by atoms with E-state index in [-0.39, 0.29) is 5.91 Å². The van der Waals surface area contributed by atoms with Crippen molar-refractivity contribution in [1.29, 1.82) is 0 Å². The Morgan fingerprint density at radius 2 is 1.81 bits per heavy atom. The van der Waals surface area contributed by atoms with Gasteiger partial charge in [0.25, 0.3) is 5.91 Å². The van der Waals surface area contributed by atoms with E-state index in [0.29, 0.717) is 24.6 Å². The molecule has 1 N–H and O–H groups in total. The molecular weight excluding hydrogens is 452 g/mol. The van der Waals surface area contributed by atoms with Gasteiger partial charge in [-0.1, -0.05) is 35.9 Å². The van der Waals surface area contributed by atoms with Crippen LogP contribution in [-0.2, 0) is 11.3 Å². The van der Waals surface area contributed by atoms with Gasteiger partial charge in [-0.3, -0.25) is 4.79 Å². The quantitative estimate of drug-likeness (QED) is 0.468. The molecule has 6 heteroatoms. The molecule has 0 bridgehead atoms. The fourth-order valence-electron chi connectivity index (χ4n) is 4.60. The molecule has 0 aromatic heterocycles. The fraction of sp³-hybridized carbons (Fsp3) is 0.467. The highest BCUT2D eigenvalue weighted by atomic mass is 16.6. The summed E-state index contributed by atoms with van der Waals surface area (Å²) in [6.07, 6.45) is 7.23. The Kier molecular flexibility index (Phi) is 8.34. The molecule has 36 heavy (non-hydrogen) atoms. The second-order valence-corrected chi connectivity index (χ2v) is 10.7. The van der Waals surface area contributed by atoms with Crippen molar-refractivity contribution < 1.29 is 19.1 Å². The summed E-state index contributed by atoms with van der Waals surface area (Å²) in [5, 5.41) is 2.83. The molecule has 2 fully saturated rings. The van der Waals surface area contributed by atoms with E-state index in [1.807, 2.05) is 62.1 Å². The highest BCUT2D eigenvalue weighted by Crippen LogP contribution is 2.30. The van der Waals surface area contributed by atoms with Crippen LogP contribution in [0.25, 0.3) is 0 Å². The number of carbonyl (C=O) groups is 2. The number of benzene rings is 2. The molecule has 0 unspecified atom stereocenters. The first-order valence-corrected chi connectivity index (χ1v) is 13.0. The number of carbonyl (C=O) groups excluding carboxylic acids is 2. The average Bonchev–Trinajstić information content (AvgIpc) is 2.83. The normalized spacial score (nSPS) is 16.2. The number of piperidine rings is 1. The van der Waals surface area contributed by atoms with Crippen molar-refractivity contribution in [3.05, 3.63) is 76.9 Å². The predicted molar refractivity (Wildman–Crippen MR) is 141 cm³/mol. The van der Waals surface area contributed by atoms with E-state index in [2.05, 4.69) is 23.5 Å². The summed E-state index contributed by atoms with van der Waals surface area (Å²) in [6.45, 7) is 7.99. The number of hydrogen-bond donors (Lipinski definition) is 1. The van der Waals surface area contributed by atoms with E-state index in [1.54, 1.807) is 0 Å². The lowest BCUT2D eigenvalue weighted by Crippen LogP contribution is -2.38. The number of ether oxygens (including phenoxy) is 2. The van der Waals surface area contributed by atoms with Gasteiger partial charge in [0.05, 0.1) is 0 Å². The molecule has 1 aliphatic heterocycles. The van der Waals surface area contributed by atoms with Crippen molar-refractivity contribution in [2.45, 2.75) is 70.9 Å². The van der Waals surface area contributed by atoms with Crippen LogP contribution in [0.5, 0.6) is 5.75 Å². The largest absolute Gasteiger partial charge is 0.490 e. The first-order chi connectivity index (χ1) is 17.3. The van der Waals surface area contributed by atoms with Crippen molar-refractivity contribution in [3.63, 3.8) is 0 Å². The lowest BCUT2D eigenvalue weighted by Gasteiger charge is -2.32. The Bertz CT molecular complexity index is 1090. The maximum absolute atomic E-state index is 13.1. The van der Waals surface area contributed by atoms with E-state index in [4.69, 9.17) is 9.47 Å². The van der Waals surface area contributed by atoms with Crippen molar-refractivity contribution in [2.75, 3.05) is 19.7 Å². The zero-order valence-electron chi connectivity index (χ0n) is 21.7. The predicted octanol–water partition coefficient (Wildman–Crippen LogP) is 6.22. The second-order valence-electron chi connectivity index (χ2n) is 10.7. The molecular formula is C30H38N2O4. The van der Waals surface area contributed by atoms with Crippen LogP contribution < -0.4 is 10.1 Å². The number of likely N-dealkylation sites (tertiary alicyclic amines) is 1. The minimum atomic E-state index is -0.515. The summed E-state index contributed by atoms with van der Waals surface area (Å²) >= 11 is 0. The van der Waals surface area contributed by atoms with E-state index in [9.17, 15) is 9.59 Å². The van der Waals surface area contributed by atoms with Gasteiger partial charge in [0.1, 0.15) is 18.0 Å². The summed E-state index contributed by atoms with van der Waals surface area (Å²) < 4.78 is 11.2. The van der Waals surface area contributed by atoms with E-state index < -0.39 is 11.7 Å². The minimum Gasteiger partial charge on any atom is -0.490 e. The first-order valence-electron chi connectivity index (χ1n) is 13.0. The van der Waals surface area contributed by atoms with Gasteiger partial charge in [-0.2, -0.15) is 0 Å². The molecule has 1 saturated carbocycles. The molecule has 1 saturated heterocycles. The van der Waals surface area contributed by atoms with Gasteiger partial charge in [-0.05, 0) is 94.2 Å². The van der Waals surface area contributed by atoms with Crippen LogP contribution in [0.2, 0.25) is 0 Å². The summed E-state index contributed by atoms with van der Waals surface area (Å²) in [5.74, 6) is 1.19. The van der Waals surface area contributed by atoms with Gasteiger partial charge in [0.2, 0.25) is 0 Å². The highest BCUT2D eigenvalue weighted by Gasteiger charge is 2.25. The van der Waals surface area contributed by atoms with Crippen LogP contribution in [-0.4, -0.2) is 42.2 Å². The molecule has 4 rings (SSSR count). The van der Waals surface area contributed by atoms with Crippen molar-refractivity contribution in [3.8, 4) is 5.75 Å². The van der Waals surface area contributed by atoms with Gasteiger partial charge < -0.3 is 19.7 Å². The lowest BCUT2D eigenvalue weighted by molar-refractivity contribution is 0.0523. The zero-order chi connectivity index (χ0) is 25.5. The molecule has 1 heterocycles. The molecule has 2 amide bonds. The molecule has 2 aliphatic rings. The topological polar surface area (TPSA) is 67.9 Å². The van der Waals surface area contributed by atoms with Crippen molar-refractivity contribution >= 4 is 12.0 Å². The molecule has 2 aromatic carbocycles. The lowest BCUT2D eigenvalue weighted by atomic mass is 9.88. The maximum Gasteiger partial charge on any atom is 0.407 e. The molecule has 0 spiro atoms. The van der Waals surface area contributed by atoms with Crippen molar-refractivity contribution in [1.82, 2.24) is 10.2 Å². The Balaban J connectivity index is 1.28. The third-order valence-electron chi connectivity index (χ3n) is 6.74. The van der Waals surface area contributed by atoms with Crippen LogP contribution in [0.3, 0.4) is 0 Å². The Morgan fingerprint density at radius 3 is 2.50 bits per heavy atom. The van der Waals surface area contributed by atoms with E-state index in [0.717, 1.165) is 37.2 Å². The van der Waals surface area contributed by atoms with Crippen LogP contribution in [0.1, 0.15) is 80.3 Å². The van der Waals surface area contributed by atoms with Gasteiger partial charge in [0.15, 0.2) is 0 Å². The molecule has 192 valence electrons. The monoisotopic (exact) mass is 490 g/mol. The standard InChI is InChI=1S/C30H38N2O4/c1-30(2,3)36-29(34)31-21-23-9-5-10-25(19-23)24-13-16-32(17-14-24)28(33)26-11-6-12-27(20-26)35-18-15-22-7-4-8-22/h5-6,9-12,15,19-20,24H,4,7-8,13-14,16-18,21H2,1-3H3,(H,31,34). The third kappa shape index (κ3) is 7.36. The molecule has 0 radical (unpaired) electrons. The van der Waals surface area contributed by atoms with Crippen molar-refractivity contribution in [2.24, 2.45) is 0 Å². The number of alkyl carbamates (subject to hydrolysis) is 1. The van der Waals surface area contributed by atoms with Gasteiger partial charge in [0, 0.05) is 25.2 Å². The van der Waals surface area contributed by atoms with Gasteiger partial charge in [-0.25, -0.2) is 4.79 Å². The number of nitrogens with zero attached hydrogens (tertiary/aromatic N) is 1. The van der Waals surface area contributed by atoms with Crippen LogP contribution in [0, 0.1) is 0 Å². The zero-order valence-corrected chi connectivity index (χ0v) is 21.7. The fourth-order valence-corrected chi connectivity index (χ4v) is 4.60. The SMILES string of the molecule is CC(C)(C)OC(=O)NCc1cccc(C2CCN(C(=O)c3cccc(OCC=C4CCC4)c3)CC2)c1. The number of hydrogen-bond acceptors (Lipinski definition) is 4. The smallest absolute Gasteiger partial charge is 0.407 e. The summed E-state index contributed by atoms with van der Waals surface area (Å²) in [6, 6.07) is 15.9. The number of nitrogens with one attached hydrogen (secondary N) is 1. The molecule has 0 atom stereocenters. The highest BCUT2D eigenvalue weighted by molar-refractivity contribution is 5.94. The first kappa shape index (κ1) is 25.8. The number of amides is 2. The number of allylic oxidation sites excluding steroid dienone is 1.